The summed E-state index contributed by atoms with van der Waals surface area (Å²) in [6.45, 7) is 4.22. The lowest BCUT2D eigenvalue weighted by molar-refractivity contribution is -0.889. The van der Waals surface area contributed by atoms with Crippen molar-refractivity contribution in [3.8, 4) is 0 Å². The van der Waals surface area contributed by atoms with Gasteiger partial charge in [0.25, 0.3) is 0 Å². The van der Waals surface area contributed by atoms with Crippen LogP contribution in [0.3, 0.4) is 0 Å². The van der Waals surface area contributed by atoms with Crippen LogP contribution in [0, 0.1) is 0 Å². The molecule has 46 heavy (non-hydrogen) atoms. The van der Waals surface area contributed by atoms with Gasteiger partial charge in [-0.05, 0) is 44.9 Å². The number of allylic oxidation sites excluding steroid dienone is 11. The van der Waals surface area contributed by atoms with Crippen LogP contribution in [0.2, 0.25) is 0 Å². The van der Waals surface area contributed by atoms with Gasteiger partial charge in [-0.1, -0.05) is 106 Å². The molecule has 8 nitrogen and oxygen atoms in total. The molecule has 0 bridgehead atoms. The Morgan fingerprint density at radius 3 is 1.96 bits per heavy atom. The maximum Gasteiger partial charge on any atom is 0.309 e. The van der Waals surface area contributed by atoms with Crippen LogP contribution in [0.25, 0.3) is 0 Å². The third-order valence-corrected chi connectivity index (χ3v) is 6.93. The van der Waals surface area contributed by atoms with Crippen LogP contribution in [0.4, 0.5) is 0 Å². The molecule has 0 heterocycles. The highest BCUT2D eigenvalue weighted by Gasteiger charge is 2.25. The van der Waals surface area contributed by atoms with Gasteiger partial charge in [0.1, 0.15) is 12.6 Å². The summed E-state index contributed by atoms with van der Waals surface area (Å²) < 4.78 is 16.9. The molecule has 0 aromatic rings. The normalized spacial score (nSPS) is 14.0. The number of hydrogen-bond donors (Lipinski definition) is 0. The van der Waals surface area contributed by atoms with Crippen molar-refractivity contribution in [3.05, 3.63) is 72.9 Å². The second-order valence-electron chi connectivity index (χ2n) is 12.1. The van der Waals surface area contributed by atoms with Gasteiger partial charge in [-0.3, -0.25) is 9.59 Å². The summed E-state index contributed by atoms with van der Waals surface area (Å²) in [6.07, 6.45) is 34.0. The van der Waals surface area contributed by atoms with Crippen molar-refractivity contribution in [2.75, 3.05) is 41.0 Å². The average Bonchev–Trinajstić information content (AvgIpc) is 3.00. The van der Waals surface area contributed by atoms with E-state index in [1.807, 2.05) is 30.4 Å². The monoisotopic (exact) mass is 643 g/mol. The topological polar surface area (TPSA) is 102 Å². The summed E-state index contributed by atoms with van der Waals surface area (Å²) >= 11 is 0. The summed E-state index contributed by atoms with van der Waals surface area (Å²) in [6, 6.07) is -0.742. The van der Waals surface area contributed by atoms with Gasteiger partial charge >= 0.3 is 11.9 Å². The van der Waals surface area contributed by atoms with Crippen molar-refractivity contribution in [3.63, 3.8) is 0 Å². The zero-order chi connectivity index (χ0) is 34.3. The minimum atomic E-state index is -1.14. The fourth-order valence-corrected chi connectivity index (χ4v) is 4.30. The SMILES string of the molecule is CC/C=C/C=C/C=C/CCCCCCCC(=O)OC(COCCC(C(=O)[O-])[N+](C)(C)C)COC(=O)C/C=C/C/C=C/C/C=C/CC. The fraction of sp³-hybridized carbons (Fsp3) is 0.605. The molecule has 0 amide bonds. The lowest BCUT2D eigenvalue weighted by Crippen LogP contribution is -2.55. The van der Waals surface area contributed by atoms with Crippen LogP contribution in [-0.2, 0) is 28.6 Å². The second kappa shape index (κ2) is 29.2. The number of rotatable bonds is 28. The predicted octanol–water partition coefficient (Wildman–Crippen LogP) is 6.73. The van der Waals surface area contributed by atoms with Crippen LogP contribution < -0.4 is 5.11 Å². The van der Waals surface area contributed by atoms with E-state index < -0.39 is 24.1 Å². The lowest BCUT2D eigenvalue weighted by atomic mass is 10.1. The van der Waals surface area contributed by atoms with E-state index in [4.69, 9.17) is 14.2 Å². The molecule has 2 unspecified atom stereocenters. The summed E-state index contributed by atoms with van der Waals surface area (Å²) in [5, 5.41) is 11.5. The highest BCUT2D eigenvalue weighted by atomic mass is 16.6. The molecule has 0 radical (unpaired) electrons. The third-order valence-electron chi connectivity index (χ3n) is 6.93. The quantitative estimate of drug-likeness (QED) is 0.0306. The van der Waals surface area contributed by atoms with E-state index in [-0.39, 0.29) is 49.5 Å². The van der Waals surface area contributed by atoms with Gasteiger partial charge in [-0.25, -0.2) is 0 Å². The van der Waals surface area contributed by atoms with Gasteiger partial charge in [0.2, 0.25) is 0 Å². The molecule has 2 atom stereocenters. The van der Waals surface area contributed by atoms with Crippen LogP contribution in [0.15, 0.2) is 72.9 Å². The van der Waals surface area contributed by atoms with Gasteiger partial charge in [-0.15, -0.1) is 0 Å². The van der Waals surface area contributed by atoms with Crippen molar-refractivity contribution in [1.82, 2.24) is 0 Å². The molecule has 0 aromatic carbocycles. The van der Waals surface area contributed by atoms with Gasteiger partial charge in [0, 0.05) is 12.8 Å². The second-order valence-corrected chi connectivity index (χ2v) is 12.1. The molecule has 0 aliphatic rings. The number of esters is 2. The smallest absolute Gasteiger partial charge is 0.309 e. The Bertz CT molecular complexity index is 985. The van der Waals surface area contributed by atoms with E-state index in [0.29, 0.717) is 0 Å². The van der Waals surface area contributed by atoms with Crippen LogP contribution in [-0.4, -0.2) is 75.5 Å². The van der Waals surface area contributed by atoms with Crippen LogP contribution in [0.5, 0.6) is 0 Å². The number of ether oxygens (including phenoxy) is 3. The molecule has 0 rings (SSSR count). The molecule has 0 saturated heterocycles. The molecule has 0 aliphatic heterocycles. The Hall–Kier alpha value is -3.23. The Balaban J connectivity index is 4.62. The number of unbranched alkanes of at least 4 members (excludes halogenated alkanes) is 5. The molecule has 0 aromatic heterocycles. The van der Waals surface area contributed by atoms with Crippen molar-refractivity contribution >= 4 is 17.9 Å². The minimum Gasteiger partial charge on any atom is -0.544 e. The predicted molar refractivity (Wildman–Crippen MR) is 185 cm³/mol. The molecule has 0 fully saturated rings. The number of likely N-dealkylation sites (N-methyl/N-ethyl adjacent to an activating group) is 1. The van der Waals surface area contributed by atoms with E-state index in [2.05, 4.69) is 50.3 Å². The number of quaternary nitrogens is 1. The molecule has 0 saturated carbocycles. The van der Waals surface area contributed by atoms with Crippen molar-refractivity contribution < 1.29 is 38.2 Å². The van der Waals surface area contributed by atoms with E-state index in [1.165, 1.54) is 0 Å². The van der Waals surface area contributed by atoms with Crippen molar-refractivity contribution in [1.29, 1.82) is 0 Å². The fourth-order valence-electron chi connectivity index (χ4n) is 4.30. The van der Waals surface area contributed by atoms with Gasteiger partial charge in [-0.2, -0.15) is 0 Å². The van der Waals surface area contributed by atoms with E-state index >= 15 is 0 Å². The maximum atomic E-state index is 12.6. The Labute approximate surface area is 279 Å². The van der Waals surface area contributed by atoms with E-state index in [1.54, 1.807) is 27.2 Å². The Morgan fingerprint density at radius 1 is 0.696 bits per heavy atom. The first-order valence-corrected chi connectivity index (χ1v) is 17.0. The molecule has 0 N–H and O–H groups in total. The number of carbonyl (C=O) groups is 3. The minimum absolute atomic E-state index is 0.000634. The zero-order valence-electron chi connectivity index (χ0n) is 29.2. The number of hydrogen-bond acceptors (Lipinski definition) is 7. The van der Waals surface area contributed by atoms with Gasteiger partial charge in [0.05, 0.1) is 46.7 Å². The number of carbonyl (C=O) groups excluding carboxylic acids is 3. The maximum absolute atomic E-state index is 12.6. The van der Waals surface area contributed by atoms with Crippen molar-refractivity contribution in [2.45, 2.75) is 109 Å². The summed E-state index contributed by atoms with van der Waals surface area (Å²) in [5.74, 6) is -1.93. The number of aliphatic carboxylic acids is 1. The van der Waals surface area contributed by atoms with Crippen LogP contribution >= 0.6 is 0 Å². The van der Waals surface area contributed by atoms with Crippen molar-refractivity contribution in [2.24, 2.45) is 0 Å². The Kier molecular flexibility index (Phi) is 27.1. The first kappa shape index (κ1) is 42.8. The van der Waals surface area contributed by atoms with E-state index in [0.717, 1.165) is 64.2 Å². The van der Waals surface area contributed by atoms with Gasteiger partial charge in [0.15, 0.2) is 6.10 Å². The first-order chi connectivity index (χ1) is 22.1. The summed E-state index contributed by atoms with van der Waals surface area (Å²) in [7, 11) is 5.34. The largest absolute Gasteiger partial charge is 0.544 e. The number of nitrogens with zero attached hydrogens (tertiary/aromatic N) is 1. The molecule has 0 aliphatic carbocycles. The highest BCUT2D eigenvalue weighted by molar-refractivity contribution is 5.71. The molecular weight excluding hydrogens is 582 g/mol. The lowest BCUT2D eigenvalue weighted by Gasteiger charge is -2.34. The molecule has 260 valence electrons. The number of carboxylic acids is 1. The molecule has 0 spiro atoms. The summed E-state index contributed by atoms with van der Waals surface area (Å²) in [4.78, 5) is 36.4. The third kappa shape index (κ3) is 27.1. The van der Waals surface area contributed by atoms with Gasteiger partial charge < -0.3 is 28.6 Å². The molecular formula is C38H61NO7. The highest BCUT2D eigenvalue weighted by Crippen LogP contribution is 2.11. The Morgan fingerprint density at radius 2 is 1.30 bits per heavy atom. The number of carboxylic acid groups (broad SMARTS) is 1. The standard InChI is InChI=1S/C38H61NO7/c1-6-8-10-12-14-16-17-18-19-21-23-25-27-29-37(41)46-34(32-44-31-30-35(38(42)43)39(3,4)5)33-45-36(40)28-26-24-22-20-15-13-11-9-7-2/h8-12,14-17,20,24,26,34-35H,6-7,13,18-19,21-23,25,27-33H2,1-5H3/b10-8+,11-9+,14-12+,17-16+,20-15+,26-24+. The zero-order valence-corrected chi connectivity index (χ0v) is 29.2. The van der Waals surface area contributed by atoms with Crippen LogP contribution in [0.1, 0.15) is 97.3 Å². The molecule has 8 heteroatoms. The first-order valence-electron chi connectivity index (χ1n) is 17.0. The summed E-state index contributed by atoms with van der Waals surface area (Å²) in [5.41, 5.74) is 0. The van der Waals surface area contributed by atoms with E-state index in [9.17, 15) is 19.5 Å². The average molecular weight is 644 g/mol.